The Morgan fingerprint density at radius 1 is 1.26 bits per heavy atom. The molecule has 0 spiro atoms. The third-order valence-electron chi connectivity index (χ3n) is 3.53. The fraction of sp³-hybridized carbons (Fsp3) is 0.222. The number of thiophene rings is 1. The van der Waals surface area contributed by atoms with E-state index in [9.17, 15) is 4.79 Å². The first-order chi connectivity index (χ1) is 11.1. The maximum atomic E-state index is 12.3. The molecule has 1 N–H and O–H groups in total. The first-order valence-corrected chi connectivity index (χ1v) is 8.36. The molecular formula is C18H18N2O2S. The molecule has 118 valence electrons. The summed E-state index contributed by atoms with van der Waals surface area (Å²) in [6.45, 7) is 4.40. The van der Waals surface area contributed by atoms with Gasteiger partial charge >= 0.3 is 0 Å². The number of nitrogens with zero attached hydrogens (tertiary/aromatic N) is 1. The first kappa shape index (κ1) is 15.5. The van der Waals surface area contributed by atoms with Gasteiger partial charge in [0.25, 0.3) is 5.91 Å². The molecule has 2 heterocycles. The second-order valence-corrected chi connectivity index (χ2v) is 6.34. The lowest BCUT2D eigenvalue weighted by molar-refractivity contribution is 0.0948. The van der Waals surface area contributed by atoms with Gasteiger partial charge in [0.15, 0.2) is 5.69 Å². The SMILES string of the molecule is Cc1cccc(CCNC(=O)c2nc(-c3cccs3)oc2C)c1. The Labute approximate surface area is 139 Å². The molecule has 23 heavy (non-hydrogen) atoms. The minimum Gasteiger partial charge on any atom is -0.440 e. The molecule has 2 aromatic heterocycles. The summed E-state index contributed by atoms with van der Waals surface area (Å²) in [6.07, 6.45) is 0.794. The number of benzene rings is 1. The van der Waals surface area contributed by atoms with E-state index >= 15 is 0 Å². The summed E-state index contributed by atoms with van der Waals surface area (Å²) in [5.41, 5.74) is 2.79. The third kappa shape index (κ3) is 3.68. The van der Waals surface area contributed by atoms with Gasteiger partial charge in [-0.3, -0.25) is 4.79 Å². The van der Waals surface area contributed by atoms with Crippen LogP contribution in [-0.4, -0.2) is 17.4 Å². The number of hydrogen-bond donors (Lipinski definition) is 1. The molecule has 0 radical (unpaired) electrons. The predicted octanol–water partition coefficient (Wildman–Crippen LogP) is 3.99. The number of aromatic nitrogens is 1. The second-order valence-electron chi connectivity index (χ2n) is 5.40. The summed E-state index contributed by atoms with van der Waals surface area (Å²) in [5.74, 6) is 0.851. The van der Waals surface area contributed by atoms with Gasteiger partial charge in [-0.25, -0.2) is 4.98 Å². The number of rotatable bonds is 5. The average molecular weight is 326 g/mol. The Hall–Kier alpha value is -2.40. The highest BCUT2D eigenvalue weighted by Crippen LogP contribution is 2.25. The van der Waals surface area contributed by atoms with Crippen LogP contribution in [0.1, 0.15) is 27.4 Å². The molecule has 0 aliphatic heterocycles. The van der Waals surface area contributed by atoms with Gasteiger partial charge in [0, 0.05) is 6.54 Å². The van der Waals surface area contributed by atoms with Crippen molar-refractivity contribution in [3.8, 4) is 10.8 Å². The van der Waals surface area contributed by atoms with Gasteiger partial charge in [0.2, 0.25) is 5.89 Å². The van der Waals surface area contributed by atoms with Crippen molar-refractivity contribution in [1.82, 2.24) is 10.3 Å². The summed E-state index contributed by atoms with van der Waals surface area (Å²) in [7, 11) is 0. The van der Waals surface area contributed by atoms with Crippen LogP contribution in [0.15, 0.2) is 46.2 Å². The van der Waals surface area contributed by atoms with Gasteiger partial charge in [0.1, 0.15) is 5.76 Å². The fourth-order valence-electron chi connectivity index (χ4n) is 2.38. The van der Waals surface area contributed by atoms with Crippen LogP contribution in [0.2, 0.25) is 0 Å². The van der Waals surface area contributed by atoms with E-state index in [1.165, 1.54) is 22.5 Å². The second kappa shape index (κ2) is 6.79. The molecule has 0 saturated carbocycles. The molecule has 1 aromatic carbocycles. The number of amides is 1. The molecule has 3 rings (SSSR count). The van der Waals surface area contributed by atoms with Crippen LogP contribution < -0.4 is 5.32 Å². The van der Waals surface area contributed by atoms with Crippen molar-refractivity contribution in [2.45, 2.75) is 20.3 Å². The first-order valence-electron chi connectivity index (χ1n) is 7.48. The van der Waals surface area contributed by atoms with Crippen LogP contribution in [0.5, 0.6) is 0 Å². The van der Waals surface area contributed by atoms with Crippen LogP contribution in [0.25, 0.3) is 10.8 Å². The smallest absolute Gasteiger partial charge is 0.273 e. The lowest BCUT2D eigenvalue weighted by atomic mass is 10.1. The van der Waals surface area contributed by atoms with Crippen molar-refractivity contribution < 1.29 is 9.21 Å². The van der Waals surface area contributed by atoms with E-state index in [4.69, 9.17) is 4.42 Å². The monoisotopic (exact) mass is 326 g/mol. The number of hydrogen-bond acceptors (Lipinski definition) is 4. The summed E-state index contributed by atoms with van der Waals surface area (Å²) in [5, 5.41) is 4.86. The zero-order chi connectivity index (χ0) is 16.2. The number of nitrogens with one attached hydrogen (secondary N) is 1. The maximum Gasteiger partial charge on any atom is 0.273 e. The van der Waals surface area contributed by atoms with Gasteiger partial charge in [-0.05, 0) is 37.3 Å². The number of oxazole rings is 1. The number of aryl methyl sites for hydroxylation is 2. The minimum atomic E-state index is -0.193. The van der Waals surface area contributed by atoms with Crippen LogP contribution in [0.3, 0.4) is 0 Å². The molecule has 4 nitrogen and oxygen atoms in total. The average Bonchev–Trinajstić information content (AvgIpc) is 3.16. The van der Waals surface area contributed by atoms with Gasteiger partial charge < -0.3 is 9.73 Å². The fourth-order valence-corrected chi connectivity index (χ4v) is 3.03. The molecular weight excluding hydrogens is 308 g/mol. The lowest BCUT2D eigenvalue weighted by Crippen LogP contribution is -2.26. The quantitative estimate of drug-likeness (QED) is 0.771. The standard InChI is InChI=1S/C18H18N2O2S/c1-12-5-3-6-14(11-12)8-9-19-17(21)16-13(2)22-18(20-16)15-7-4-10-23-15/h3-7,10-11H,8-9H2,1-2H3,(H,19,21). The molecule has 3 aromatic rings. The van der Waals surface area contributed by atoms with E-state index in [1.807, 2.05) is 23.6 Å². The Balaban J connectivity index is 1.62. The van der Waals surface area contributed by atoms with Crippen LogP contribution in [0.4, 0.5) is 0 Å². The van der Waals surface area contributed by atoms with Gasteiger partial charge in [-0.2, -0.15) is 0 Å². The molecule has 0 bridgehead atoms. The predicted molar refractivity (Wildman–Crippen MR) is 91.8 cm³/mol. The van der Waals surface area contributed by atoms with E-state index in [-0.39, 0.29) is 5.91 Å². The third-order valence-corrected chi connectivity index (χ3v) is 4.38. The molecule has 0 aliphatic carbocycles. The topological polar surface area (TPSA) is 55.1 Å². The van der Waals surface area contributed by atoms with E-state index in [0.717, 1.165) is 11.3 Å². The highest BCUT2D eigenvalue weighted by Gasteiger charge is 2.18. The highest BCUT2D eigenvalue weighted by molar-refractivity contribution is 7.13. The van der Waals surface area contributed by atoms with Gasteiger partial charge in [0.05, 0.1) is 4.88 Å². The van der Waals surface area contributed by atoms with E-state index < -0.39 is 0 Å². The molecule has 1 amide bonds. The Morgan fingerprint density at radius 3 is 2.87 bits per heavy atom. The minimum absolute atomic E-state index is 0.193. The van der Waals surface area contributed by atoms with Gasteiger partial charge in [-0.1, -0.05) is 35.9 Å². The van der Waals surface area contributed by atoms with Gasteiger partial charge in [-0.15, -0.1) is 11.3 Å². The Kier molecular flexibility index (Phi) is 4.57. The van der Waals surface area contributed by atoms with Crippen molar-refractivity contribution in [3.05, 3.63) is 64.4 Å². The molecule has 0 aliphatic rings. The van der Waals surface area contributed by atoms with Crippen LogP contribution in [0, 0.1) is 13.8 Å². The zero-order valence-corrected chi connectivity index (χ0v) is 13.9. The normalized spacial score (nSPS) is 10.7. The Morgan fingerprint density at radius 2 is 2.13 bits per heavy atom. The number of carbonyl (C=O) groups is 1. The van der Waals surface area contributed by atoms with Crippen molar-refractivity contribution in [1.29, 1.82) is 0 Å². The Bertz CT molecular complexity index is 806. The summed E-state index contributed by atoms with van der Waals surface area (Å²) in [6, 6.07) is 12.1. The number of carbonyl (C=O) groups excluding carboxylic acids is 1. The maximum absolute atomic E-state index is 12.3. The molecule has 0 fully saturated rings. The molecule has 5 heteroatoms. The lowest BCUT2D eigenvalue weighted by Gasteiger charge is -2.04. The van der Waals surface area contributed by atoms with Crippen molar-refractivity contribution in [2.75, 3.05) is 6.54 Å². The van der Waals surface area contributed by atoms with Crippen molar-refractivity contribution in [3.63, 3.8) is 0 Å². The largest absolute Gasteiger partial charge is 0.440 e. The van der Waals surface area contributed by atoms with Crippen molar-refractivity contribution >= 4 is 17.2 Å². The van der Waals surface area contributed by atoms with Crippen LogP contribution >= 0.6 is 11.3 Å². The summed E-state index contributed by atoms with van der Waals surface area (Å²) >= 11 is 1.54. The van der Waals surface area contributed by atoms with Crippen LogP contribution in [-0.2, 0) is 6.42 Å². The zero-order valence-electron chi connectivity index (χ0n) is 13.1. The summed E-state index contributed by atoms with van der Waals surface area (Å²) in [4.78, 5) is 17.5. The highest BCUT2D eigenvalue weighted by atomic mass is 32.1. The van der Waals surface area contributed by atoms with E-state index in [2.05, 4.69) is 35.4 Å². The molecule has 0 atom stereocenters. The van der Waals surface area contributed by atoms with E-state index in [0.29, 0.717) is 23.9 Å². The van der Waals surface area contributed by atoms with E-state index in [1.54, 1.807) is 6.92 Å². The summed E-state index contributed by atoms with van der Waals surface area (Å²) < 4.78 is 5.60. The molecule has 0 saturated heterocycles. The van der Waals surface area contributed by atoms with Crippen molar-refractivity contribution in [2.24, 2.45) is 0 Å². The molecule has 0 unspecified atom stereocenters.